The van der Waals surface area contributed by atoms with Gasteiger partial charge in [0.2, 0.25) is 0 Å². The van der Waals surface area contributed by atoms with Gasteiger partial charge in [-0.05, 0) is 56.2 Å². The largest absolute Gasteiger partial charge is 0.368 e. The van der Waals surface area contributed by atoms with Gasteiger partial charge in [0.05, 0.1) is 0 Å². The van der Waals surface area contributed by atoms with Crippen LogP contribution < -0.4 is 10.2 Å². The number of benzene rings is 1. The van der Waals surface area contributed by atoms with E-state index in [1.54, 1.807) is 6.92 Å². The lowest BCUT2D eigenvalue weighted by Gasteiger charge is -2.38. The van der Waals surface area contributed by atoms with Gasteiger partial charge in [-0.1, -0.05) is 19.3 Å². The van der Waals surface area contributed by atoms with Crippen molar-refractivity contribution in [3.05, 3.63) is 29.8 Å². The molecule has 1 aliphatic carbocycles. The zero-order valence-corrected chi connectivity index (χ0v) is 15.3. The Morgan fingerprint density at radius 1 is 1.04 bits per heavy atom. The van der Waals surface area contributed by atoms with Crippen molar-refractivity contribution in [1.29, 1.82) is 0 Å². The van der Waals surface area contributed by atoms with Gasteiger partial charge < -0.3 is 15.1 Å². The highest BCUT2D eigenvalue weighted by molar-refractivity contribution is 7.80. The molecule has 1 saturated carbocycles. The van der Waals surface area contributed by atoms with Crippen LogP contribution in [0, 0.1) is 0 Å². The molecule has 0 bridgehead atoms. The Morgan fingerprint density at radius 3 is 2.25 bits per heavy atom. The third-order valence-corrected chi connectivity index (χ3v) is 5.51. The van der Waals surface area contributed by atoms with Gasteiger partial charge in [0.15, 0.2) is 10.9 Å². The molecule has 1 aliphatic heterocycles. The second-order valence-corrected chi connectivity index (χ2v) is 7.25. The van der Waals surface area contributed by atoms with E-state index in [0.29, 0.717) is 6.04 Å². The Bertz CT molecular complexity index is 573. The maximum absolute atomic E-state index is 11.4. The molecule has 130 valence electrons. The first-order chi connectivity index (χ1) is 11.6. The van der Waals surface area contributed by atoms with Crippen molar-refractivity contribution < 1.29 is 4.79 Å². The van der Waals surface area contributed by atoms with E-state index in [2.05, 4.69) is 15.1 Å². The summed E-state index contributed by atoms with van der Waals surface area (Å²) in [6.45, 7) is 5.44. The van der Waals surface area contributed by atoms with Crippen LogP contribution in [0.5, 0.6) is 0 Å². The number of rotatable bonds is 3. The fraction of sp³-hybridized carbons (Fsp3) is 0.579. The fourth-order valence-electron chi connectivity index (χ4n) is 3.59. The van der Waals surface area contributed by atoms with Crippen LogP contribution in [0.4, 0.5) is 5.69 Å². The summed E-state index contributed by atoms with van der Waals surface area (Å²) in [5.41, 5.74) is 1.96. The standard InChI is InChI=1S/C19H27N3OS/c1-15(23)16-7-9-18(10-8-16)21-11-13-22(14-12-21)19(24)20-17-5-3-2-4-6-17/h7-10,17H,2-6,11-14H2,1H3,(H,20,24). The van der Waals surface area contributed by atoms with Crippen LogP contribution in [0.2, 0.25) is 0 Å². The van der Waals surface area contributed by atoms with E-state index in [0.717, 1.165) is 36.9 Å². The summed E-state index contributed by atoms with van der Waals surface area (Å²) in [7, 11) is 0. The number of nitrogens with one attached hydrogen (secondary N) is 1. The fourth-order valence-corrected chi connectivity index (χ4v) is 3.94. The number of hydrogen-bond donors (Lipinski definition) is 1. The van der Waals surface area contributed by atoms with Gasteiger partial charge in [-0.25, -0.2) is 0 Å². The molecule has 24 heavy (non-hydrogen) atoms. The van der Waals surface area contributed by atoms with E-state index in [9.17, 15) is 4.79 Å². The number of carbonyl (C=O) groups is 1. The van der Waals surface area contributed by atoms with Crippen LogP contribution in [0.15, 0.2) is 24.3 Å². The van der Waals surface area contributed by atoms with E-state index >= 15 is 0 Å². The number of nitrogens with zero attached hydrogens (tertiary/aromatic N) is 2. The van der Waals surface area contributed by atoms with Crippen molar-refractivity contribution in [1.82, 2.24) is 10.2 Å². The highest BCUT2D eigenvalue weighted by Gasteiger charge is 2.21. The van der Waals surface area contributed by atoms with Crippen LogP contribution in [0.3, 0.4) is 0 Å². The summed E-state index contributed by atoms with van der Waals surface area (Å²) < 4.78 is 0. The molecular weight excluding hydrogens is 318 g/mol. The smallest absolute Gasteiger partial charge is 0.169 e. The topological polar surface area (TPSA) is 35.6 Å². The molecule has 5 heteroatoms. The molecule has 1 aromatic carbocycles. The molecular formula is C19H27N3OS. The number of hydrogen-bond acceptors (Lipinski definition) is 3. The first-order valence-corrected chi connectivity index (χ1v) is 9.46. The van der Waals surface area contributed by atoms with Gasteiger partial charge in [-0.2, -0.15) is 0 Å². The Morgan fingerprint density at radius 2 is 1.67 bits per heavy atom. The van der Waals surface area contributed by atoms with Crippen molar-refractivity contribution in [2.24, 2.45) is 0 Å². The molecule has 0 unspecified atom stereocenters. The van der Waals surface area contributed by atoms with Crippen molar-refractivity contribution in [3.8, 4) is 0 Å². The Hall–Kier alpha value is -1.62. The molecule has 1 N–H and O–H groups in total. The molecule has 1 heterocycles. The first-order valence-electron chi connectivity index (χ1n) is 9.05. The lowest BCUT2D eigenvalue weighted by Crippen LogP contribution is -2.53. The van der Waals surface area contributed by atoms with Crippen LogP contribution in [-0.2, 0) is 0 Å². The molecule has 3 rings (SSSR count). The molecule has 0 atom stereocenters. The molecule has 4 nitrogen and oxygen atoms in total. The van der Waals surface area contributed by atoms with Gasteiger partial charge in [-0.15, -0.1) is 0 Å². The predicted molar refractivity (Wildman–Crippen MR) is 103 cm³/mol. The predicted octanol–water partition coefficient (Wildman–Crippen LogP) is 3.22. The molecule has 2 fully saturated rings. The average Bonchev–Trinajstić information content (AvgIpc) is 2.63. The Balaban J connectivity index is 1.49. The number of anilines is 1. The highest BCUT2D eigenvalue weighted by atomic mass is 32.1. The van der Waals surface area contributed by atoms with E-state index in [4.69, 9.17) is 12.2 Å². The van der Waals surface area contributed by atoms with Crippen LogP contribution in [0.25, 0.3) is 0 Å². The minimum atomic E-state index is 0.116. The number of thiocarbonyl (C=S) groups is 1. The van der Waals surface area contributed by atoms with Crippen LogP contribution >= 0.6 is 12.2 Å². The monoisotopic (exact) mass is 345 g/mol. The zero-order chi connectivity index (χ0) is 16.9. The second-order valence-electron chi connectivity index (χ2n) is 6.86. The summed E-state index contributed by atoms with van der Waals surface area (Å²) in [5.74, 6) is 0.116. The summed E-state index contributed by atoms with van der Waals surface area (Å²) in [5, 5.41) is 4.49. The SMILES string of the molecule is CC(=O)c1ccc(N2CCN(C(=S)NC3CCCCC3)CC2)cc1. The Kier molecular flexibility index (Phi) is 5.72. The van der Waals surface area contributed by atoms with E-state index in [1.807, 2.05) is 24.3 Å². The van der Waals surface area contributed by atoms with Crippen molar-refractivity contribution >= 4 is 28.8 Å². The van der Waals surface area contributed by atoms with E-state index in [1.165, 1.54) is 37.8 Å². The molecule has 0 spiro atoms. The normalized spacial score (nSPS) is 19.2. The quantitative estimate of drug-likeness (QED) is 0.672. The van der Waals surface area contributed by atoms with E-state index in [-0.39, 0.29) is 5.78 Å². The molecule has 1 saturated heterocycles. The van der Waals surface area contributed by atoms with Crippen LogP contribution in [0.1, 0.15) is 49.4 Å². The Labute approximate surface area is 150 Å². The molecule has 2 aliphatic rings. The summed E-state index contributed by atoms with van der Waals surface area (Å²) in [6.07, 6.45) is 6.52. The first kappa shape index (κ1) is 17.2. The van der Waals surface area contributed by atoms with Crippen LogP contribution in [-0.4, -0.2) is 48.0 Å². The maximum atomic E-state index is 11.4. The summed E-state index contributed by atoms with van der Waals surface area (Å²) >= 11 is 5.61. The molecule has 0 amide bonds. The second kappa shape index (κ2) is 7.97. The number of Topliss-reactive ketones (excluding diaryl/α,β-unsaturated/α-hetero) is 1. The third-order valence-electron chi connectivity index (χ3n) is 5.14. The molecule has 1 aromatic rings. The molecule has 0 radical (unpaired) electrons. The van der Waals surface area contributed by atoms with Crippen molar-refractivity contribution in [2.45, 2.75) is 45.1 Å². The number of carbonyl (C=O) groups excluding carboxylic acids is 1. The average molecular weight is 346 g/mol. The van der Waals surface area contributed by atoms with E-state index < -0.39 is 0 Å². The van der Waals surface area contributed by atoms with Crippen molar-refractivity contribution in [3.63, 3.8) is 0 Å². The minimum Gasteiger partial charge on any atom is -0.368 e. The lowest BCUT2D eigenvalue weighted by atomic mass is 9.96. The molecule has 0 aromatic heterocycles. The maximum Gasteiger partial charge on any atom is 0.169 e. The lowest BCUT2D eigenvalue weighted by molar-refractivity contribution is 0.101. The highest BCUT2D eigenvalue weighted by Crippen LogP contribution is 2.19. The van der Waals surface area contributed by atoms with Gasteiger partial charge >= 0.3 is 0 Å². The zero-order valence-electron chi connectivity index (χ0n) is 14.5. The van der Waals surface area contributed by atoms with Gasteiger partial charge in [-0.3, -0.25) is 4.79 Å². The number of ketones is 1. The van der Waals surface area contributed by atoms with Gasteiger partial charge in [0, 0.05) is 43.5 Å². The van der Waals surface area contributed by atoms with Gasteiger partial charge in [0.25, 0.3) is 0 Å². The van der Waals surface area contributed by atoms with Crippen molar-refractivity contribution in [2.75, 3.05) is 31.1 Å². The minimum absolute atomic E-state index is 0.116. The summed E-state index contributed by atoms with van der Waals surface area (Å²) in [6, 6.07) is 8.50. The third kappa shape index (κ3) is 4.26. The van der Waals surface area contributed by atoms with Gasteiger partial charge in [0.1, 0.15) is 0 Å². The summed E-state index contributed by atoms with van der Waals surface area (Å²) in [4.78, 5) is 16.0. The number of piperazine rings is 1.